The molecule has 1 amide bonds. The van der Waals surface area contributed by atoms with Gasteiger partial charge in [0.05, 0.1) is 23.9 Å². The van der Waals surface area contributed by atoms with Gasteiger partial charge in [-0.25, -0.2) is 4.79 Å². The first-order valence-corrected chi connectivity index (χ1v) is 11.3. The van der Waals surface area contributed by atoms with Crippen molar-refractivity contribution < 1.29 is 24.2 Å². The van der Waals surface area contributed by atoms with Crippen molar-refractivity contribution in [2.24, 2.45) is 0 Å². The number of carboxylic acid groups (broad SMARTS) is 1. The molecule has 5 rings (SSSR count). The predicted molar refractivity (Wildman–Crippen MR) is 130 cm³/mol. The number of rotatable bonds is 4. The number of carbonyl (C=O) groups excluding carboxylic acids is 1. The molecule has 0 aliphatic carbocycles. The van der Waals surface area contributed by atoms with Crippen LogP contribution in [-0.2, 0) is 0 Å². The van der Waals surface area contributed by atoms with Crippen molar-refractivity contribution in [3.8, 4) is 23.3 Å². The second kappa shape index (κ2) is 9.52. The second-order valence-corrected chi connectivity index (χ2v) is 8.28. The number of hydrogen-bond acceptors (Lipinski definition) is 6. The Bertz CT molecular complexity index is 1390. The number of hydrogen-bond donors (Lipinski definition) is 2. The summed E-state index contributed by atoms with van der Waals surface area (Å²) in [7, 11) is 1.55. The van der Waals surface area contributed by atoms with E-state index in [2.05, 4.69) is 26.9 Å². The molecule has 178 valence electrons. The molecule has 0 spiro atoms. The lowest BCUT2D eigenvalue weighted by Gasteiger charge is -2.32. The van der Waals surface area contributed by atoms with Gasteiger partial charge in [-0.15, -0.1) is 0 Å². The molecule has 3 aromatic rings. The molecule has 35 heavy (non-hydrogen) atoms. The van der Waals surface area contributed by atoms with Crippen LogP contribution in [0.5, 0.6) is 11.5 Å². The second-order valence-electron chi connectivity index (χ2n) is 8.28. The number of aromatic amines is 1. The summed E-state index contributed by atoms with van der Waals surface area (Å²) in [6, 6.07) is 11.1. The molecule has 2 aliphatic rings. The van der Waals surface area contributed by atoms with Crippen molar-refractivity contribution in [2.75, 3.05) is 39.8 Å². The summed E-state index contributed by atoms with van der Waals surface area (Å²) in [5, 5.41) is 17.2. The first-order chi connectivity index (χ1) is 17.0. The molecule has 0 atom stereocenters. The van der Waals surface area contributed by atoms with Gasteiger partial charge in [-0.3, -0.25) is 14.8 Å². The molecule has 1 fully saturated rings. The van der Waals surface area contributed by atoms with Crippen molar-refractivity contribution in [3.63, 3.8) is 0 Å². The van der Waals surface area contributed by atoms with E-state index in [0.717, 1.165) is 17.4 Å². The van der Waals surface area contributed by atoms with Crippen molar-refractivity contribution in [3.05, 3.63) is 59.0 Å². The Morgan fingerprint density at radius 2 is 2.03 bits per heavy atom. The van der Waals surface area contributed by atoms with Crippen LogP contribution in [0, 0.1) is 11.8 Å². The van der Waals surface area contributed by atoms with E-state index >= 15 is 0 Å². The minimum atomic E-state index is -0.877. The quantitative estimate of drug-likeness (QED) is 0.443. The van der Waals surface area contributed by atoms with Crippen LogP contribution in [0.1, 0.15) is 28.0 Å². The third-order valence-corrected chi connectivity index (χ3v) is 6.20. The van der Waals surface area contributed by atoms with Crippen molar-refractivity contribution in [1.82, 2.24) is 20.0 Å². The number of piperazine rings is 1. The third-order valence-electron chi connectivity index (χ3n) is 6.20. The van der Waals surface area contributed by atoms with Gasteiger partial charge in [0.2, 0.25) is 5.78 Å². The van der Waals surface area contributed by atoms with Gasteiger partial charge >= 0.3 is 6.09 Å². The van der Waals surface area contributed by atoms with Gasteiger partial charge in [-0.2, -0.15) is 5.10 Å². The van der Waals surface area contributed by atoms with E-state index < -0.39 is 6.09 Å². The molecule has 1 saturated heterocycles. The maximum atomic E-state index is 13.0. The summed E-state index contributed by atoms with van der Waals surface area (Å²) < 4.78 is 11.5. The zero-order valence-corrected chi connectivity index (χ0v) is 19.2. The minimum Gasteiger partial charge on any atom is -0.495 e. The van der Waals surface area contributed by atoms with Gasteiger partial charge in [0, 0.05) is 50.6 Å². The molecule has 0 bridgehead atoms. The normalized spacial score (nSPS) is 16.7. The Morgan fingerprint density at radius 1 is 1.23 bits per heavy atom. The van der Waals surface area contributed by atoms with E-state index in [-0.39, 0.29) is 11.5 Å². The summed E-state index contributed by atoms with van der Waals surface area (Å²) in [5.74, 6) is 7.17. The van der Waals surface area contributed by atoms with Gasteiger partial charge in [-0.1, -0.05) is 30.0 Å². The number of aromatic nitrogens is 2. The van der Waals surface area contributed by atoms with Crippen LogP contribution < -0.4 is 9.47 Å². The van der Waals surface area contributed by atoms with Crippen LogP contribution in [0.2, 0.25) is 0 Å². The molecule has 3 heterocycles. The zero-order chi connectivity index (χ0) is 24.4. The molecule has 0 radical (unpaired) electrons. The Morgan fingerprint density at radius 3 is 2.80 bits per heavy atom. The first-order valence-electron chi connectivity index (χ1n) is 11.3. The summed E-state index contributed by atoms with van der Waals surface area (Å²) in [6.45, 7) is 3.10. The van der Waals surface area contributed by atoms with Crippen molar-refractivity contribution >= 4 is 28.9 Å². The standard InChI is InChI=1S/C26H24N4O5/c1-34-22-10-9-19-24(31)23(16-21-17-6-2-3-8-20(17)27-28-21)35-25(19)18(22)7-4-5-11-29-12-14-30(15-13-29)26(32)33/h2-3,6,8-10,16H,5,11-15H2,1H3,(H,27,28)(H,32,33). The molecule has 9 nitrogen and oxygen atoms in total. The molecule has 2 aliphatic heterocycles. The van der Waals surface area contributed by atoms with E-state index in [1.807, 2.05) is 24.3 Å². The number of ether oxygens (including phenoxy) is 2. The highest BCUT2D eigenvalue weighted by molar-refractivity contribution is 6.15. The topological polar surface area (TPSA) is 108 Å². The Hall–Kier alpha value is -4.29. The van der Waals surface area contributed by atoms with E-state index in [0.29, 0.717) is 60.9 Å². The SMILES string of the molecule is COc1ccc2c(c1C#CCCN1CCN(C(=O)O)CC1)OC(=Cc1n[nH]c3ccccc13)C2=O. The number of Topliss-reactive ketones (excluding diaryl/α,β-unsaturated/α-hetero) is 1. The number of para-hydroxylation sites is 1. The summed E-state index contributed by atoms with van der Waals surface area (Å²) in [4.78, 5) is 27.7. The molecular weight excluding hydrogens is 448 g/mol. The fourth-order valence-electron chi connectivity index (χ4n) is 4.27. The van der Waals surface area contributed by atoms with E-state index in [4.69, 9.17) is 14.6 Å². The van der Waals surface area contributed by atoms with Gasteiger partial charge < -0.3 is 19.5 Å². The third kappa shape index (κ3) is 4.44. The lowest BCUT2D eigenvalue weighted by molar-refractivity contribution is 0.101. The highest BCUT2D eigenvalue weighted by atomic mass is 16.5. The molecule has 0 saturated carbocycles. The summed E-state index contributed by atoms with van der Waals surface area (Å²) in [5.41, 5.74) is 2.47. The van der Waals surface area contributed by atoms with Crippen LogP contribution in [0.15, 0.2) is 42.2 Å². The number of benzene rings is 2. The molecule has 2 N–H and O–H groups in total. The van der Waals surface area contributed by atoms with Crippen LogP contribution in [0.25, 0.3) is 17.0 Å². The van der Waals surface area contributed by atoms with E-state index in [1.54, 1.807) is 25.3 Å². The lowest BCUT2D eigenvalue weighted by Crippen LogP contribution is -2.48. The number of methoxy groups -OCH3 is 1. The highest BCUT2D eigenvalue weighted by Gasteiger charge is 2.31. The van der Waals surface area contributed by atoms with Crippen LogP contribution in [0.4, 0.5) is 4.79 Å². The largest absolute Gasteiger partial charge is 0.495 e. The van der Waals surface area contributed by atoms with Gasteiger partial charge in [0.25, 0.3) is 0 Å². The monoisotopic (exact) mass is 472 g/mol. The summed E-state index contributed by atoms with van der Waals surface area (Å²) in [6.07, 6.45) is 1.36. The fraction of sp³-hybridized carbons (Fsp3) is 0.269. The number of nitrogens with zero attached hydrogens (tertiary/aromatic N) is 3. The highest BCUT2D eigenvalue weighted by Crippen LogP contribution is 2.39. The molecule has 2 aromatic carbocycles. The number of fused-ring (bicyclic) bond motifs is 2. The number of nitrogens with one attached hydrogen (secondary N) is 1. The molecular formula is C26H24N4O5. The van der Waals surface area contributed by atoms with Crippen LogP contribution >= 0.6 is 0 Å². The number of carbonyl (C=O) groups is 2. The van der Waals surface area contributed by atoms with Gasteiger partial charge in [-0.05, 0) is 18.2 Å². The Balaban J connectivity index is 1.34. The maximum Gasteiger partial charge on any atom is 0.407 e. The van der Waals surface area contributed by atoms with Crippen molar-refractivity contribution in [2.45, 2.75) is 6.42 Å². The van der Waals surface area contributed by atoms with E-state index in [9.17, 15) is 9.59 Å². The number of allylic oxidation sites excluding steroid dienone is 1. The molecule has 0 unspecified atom stereocenters. The van der Waals surface area contributed by atoms with E-state index in [1.165, 1.54) is 4.90 Å². The average Bonchev–Trinajstić information content (AvgIpc) is 3.43. The maximum absolute atomic E-state index is 13.0. The predicted octanol–water partition coefficient (Wildman–Crippen LogP) is 3.22. The zero-order valence-electron chi connectivity index (χ0n) is 19.2. The van der Waals surface area contributed by atoms with Crippen LogP contribution in [0.3, 0.4) is 0 Å². The average molecular weight is 473 g/mol. The summed E-state index contributed by atoms with van der Waals surface area (Å²) >= 11 is 0. The lowest BCUT2D eigenvalue weighted by atomic mass is 10.0. The Kier molecular flexibility index (Phi) is 6.12. The smallest absolute Gasteiger partial charge is 0.407 e. The van der Waals surface area contributed by atoms with Crippen molar-refractivity contribution in [1.29, 1.82) is 0 Å². The minimum absolute atomic E-state index is 0.185. The number of ketones is 1. The van der Waals surface area contributed by atoms with Gasteiger partial charge in [0.15, 0.2) is 11.5 Å². The number of amides is 1. The number of H-pyrrole nitrogens is 1. The van der Waals surface area contributed by atoms with Gasteiger partial charge in [0.1, 0.15) is 11.3 Å². The fourth-order valence-corrected chi connectivity index (χ4v) is 4.27. The molecule has 1 aromatic heterocycles. The molecule has 9 heteroatoms. The Labute approximate surface area is 201 Å². The first kappa shape index (κ1) is 22.5. The van der Waals surface area contributed by atoms with Crippen LogP contribution in [-0.4, -0.2) is 76.8 Å².